The van der Waals surface area contributed by atoms with Crippen LogP contribution in [0.4, 0.5) is 0 Å². The number of aliphatic hydroxyl groups excluding tert-OH is 1. The lowest BCUT2D eigenvalue weighted by Crippen LogP contribution is -2.43. The topological polar surface area (TPSA) is 105 Å². The van der Waals surface area contributed by atoms with Crippen LogP contribution in [0.3, 0.4) is 0 Å². The lowest BCUT2D eigenvalue weighted by Gasteiger charge is -2.24. The third-order valence-corrected chi connectivity index (χ3v) is 6.07. The zero-order chi connectivity index (χ0) is 13.4. The zero-order valence-electron chi connectivity index (χ0n) is 9.44. The van der Waals surface area contributed by atoms with Crippen molar-refractivity contribution in [3.05, 3.63) is 17.9 Å². The van der Waals surface area contributed by atoms with Gasteiger partial charge in [0.2, 0.25) is 5.09 Å². The van der Waals surface area contributed by atoms with Crippen molar-refractivity contribution in [2.24, 2.45) is 0 Å². The molecule has 0 atom stereocenters. The van der Waals surface area contributed by atoms with Gasteiger partial charge in [0.05, 0.1) is 11.5 Å². The van der Waals surface area contributed by atoms with Crippen molar-refractivity contribution < 1.29 is 26.4 Å². The van der Waals surface area contributed by atoms with Crippen LogP contribution in [0.5, 0.6) is 0 Å². The van der Waals surface area contributed by atoms with E-state index in [0.717, 1.165) is 4.31 Å². The highest BCUT2D eigenvalue weighted by atomic mass is 32.2. The van der Waals surface area contributed by atoms with Crippen LogP contribution < -0.4 is 0 Å². The van der Waals surface area contributed by atoms with E-state index in [1.807, 2.05) is 0 Å². The molecular formula is C9H13NO6S2. The molecule has 0 aliphatic carbocycles. The summed E-state index contributed by atoms with van der Waals surface area (Å²) in [5.74, 6) is -0.210. The molecule has 0 amide bonds. The highest BCUT2D eigenvalue weighted by Gasteiger charge is 2.33. The largest absolute Gasteiger partial charge is 0.446 e. The normalized spacial score (nSPS) is 20.9. The first kappa shape index (κ1) is 13.5. The van der Waals surface area contributed by atoms with Crippen molar-refractivity contribution in [1.29, 1.82) is 0 Å². The van der Waals surface area contributed by atoms with Gasteiger partial charge in [-0.3, -0.25) is 0 Å². The summed E-state index contributed by atoms with van der Waals surface area (Å²) in [5.41, 5.74) is 0. The number of hydrogen-bond donors (Lipinski definition) is 1. The number of aliphatic hydroxyl groups is 1. The fraction of sp³-hybridized carbons (Fsp3) is 0.556. The summed E-state index contributed by atoms with van der Waals surface area (Å²) >= 11 is 0. The molecule has 0 radical (unpaired) electrons. The average Bonchev–Trinajstić information content (AvgIpc) is 2.77. The number of sulfone groups is 1. The van der Waals surface area contributed by atoms with E-state index in [0.29, 0.717) is 0 Å². The minimum atomic E-state index is -3.81. The van der Waals surface area contributed by atoms with Crippen molar-refractivity contribution >= 4 is 19.9 Å². The zero-order valence-corrected chi connectivity index (χ0v) is 11.1. The Balaban J connectivity index is 2.22. The third kappa shape index (κ3) is 2.58. The molecule has 102 valence electrons. The van der Waals surface area contributed by atoms with E-state index in [-0.39, 0.29) is 42.1 Å². The molecule has 2 rings (SSSR count). The van der Waals surface area contributed by atoms with Gasteiger partial charge in [0.1, 0.15) is 12.4 Å². The predicted octanol–water partition coefficient (Wildman–Crippen LogP) is -0.809. The summed E-state index contributed by atoms with van der Waals surface area (Å²) in [5, 5.41) is 8.54. The molecule has 7 nitrogen and oxygen atoms in total. The van der Waals surface area contributed by atoms with Gasteiger partial charge in [-0.2, -0.15) is 4.31 Å². The quantitative estimate of drug-likeness (QED) is 0.782. The molecule has 0 unspecified atom stereocenters. The standard InChI is InChI=1S/C9H13NO6S2/c11-7-8-1-2-9(16-8)18(14,15)10-3-5-17(12,13)6-4-10/h1-2,11H,3-7H2. The average molecular weight is 295 g/mol. The first-order chi connectivity index (χ1) is 8.35. The van der Waals surface area contributed by atoms with Crippen LogP contribution in [-0.2, 0) is 26.5 Å². The van der Waals surface area contributed by atoms with Crippen LogP contribution in [0.2, 0.25) is 0 Å². The van der Waals surface area contributed by atoms with Crippen LogP contribution >= 0.6 is 0 Å². The summed E-state index contributed by atoms with van der Waals surface area (Å²) in [7, 11) is -6.94. The Morgan fingerprint density at radius 2 is 1.89 bits per heavy atom. The number of sulfonamides is 1. The number of nitrogens with zero attached hydrogens (tertiary/aromatic N) is 1. The van der Waals surface area contributed by atoms with E-state index in [1.54, 1.807) is 0 Å². The Morgan fingerprint density at radius 3 is 2.39 bits per heavy atom. The molecule has 1 aromatic heterocycles. The molecule has 1 aromatic rings. The molecule has 9 heteroatoms. The van der Waals surface area contributed by atoms with E-state index >= 15 is 0 Å². The number of furan rings is 1. The van der Waals surface area contributed by atoms with Gasteiger partial charge < -0.3 is 9.52 Å². The van der Waals surface area contributed by atoms with Crippen molar-refractivity contribution in [3.63, 3.8) is 0 Å². The number of hydrogen-bond acceptors (Lipinski definition) is 6. The lowest BCUT2D eigenvalue weighted by atomic mass is 10.5. The van der Waals surface area contributed by atoms with Gasteiger partial charge in [-0.25, -0.2) is 16.8 Å². The Morgan fingerprint density at radius 1 is 1.28 bits per heavy atom. The van der Waals surface area contributed by atoms with Gasteiger partial charge >= 0.3 is 0 Å². The van der Waals surface area contributed by atoms with E-state index < -0.39 is 19.9 Å². The van der Waals surface area contributed by atoms with Crippen LogP contribution in [0.25, 0.3) is 0 Å². The smallest absolute Gasteiger partial charge is 0.276 e. The van der Waals surface area contributed by atoms with Crippen LogP contribution in [0.1, 0.15) is 5.76 Å². The van der Waals surface area contributed by atoms with Gasteiger partial charge in [-0.1, -0.05) is 0 Å². The summed E-state index contributed by atoms with van der Waals surface area (Å²) in [6.45, 7) is -0.524. The minimum absolute atomic E-state index is 0.0696. The fourth-order valence-corrected chi connectivity index (χ4v) is 4.45. The van der Waals surface area contributed by atoms with Crippen molar-refractivity contribution in [2.75, 3.05) is 24.6 Å². The van der Waals surface area contributed by atoms with E-state index in [1.165, 1.54) is 12.1 Å². The van der Waals surface area contributed by atoms with Gasteiger partial charge in [0.25, 0.3) is 10.0 Å². The van der Waals surface area contributed by atoms with Crippen LogP contribution in [0, 0.1) is 0 Å². The predicted molar refractivity (Wildman–Crippen MR) is 62.0 cm³/mol. The van der Waals surface area contributed by atoms with Crippen LogP contribution in [0.15, 0.2) is 21.6 Å². The van der Waals surface area contributed by atoms with Crippen molar-refractivity contribution in [2.45, 2.75) is 11.7 Å². The summed E-state index contributed by atoms with van der Waals surface area (Å²) in [6.07, 6.45) is 0. The maximum Gasteiger partial charge on any atom is 0.276 e. The Hall–Kier alpha value is -0.900. The SMILES string of the molecule is O=S1(=O)CCN(S(=O)(=O)c2ccc(CO)o2)CC1. The van der Waals surface area contributed by atoms with Gasteiger partial charge in [0, 0.05) is 13.1 Å². The molecule has 1 saturated heterocycles. The van der Waals surface area contributed by atoms with E-state index in [4.69, 9.17) is 9.52 Å². The van der Waals surface area contributed by atoms with Crippen molar-refractivity contribution in [3.8, 4) is 0 Å². The second-order valence-corrected chi connectivity index (χ2v) is 8.11. The fourth-order valence-electron chi connectivity index (χ4n) is 1.65. The molecule has 1 N–H and O–H groups in total. The molecular weight excluding hydrogens is 282 g/mol. The molecule has 1 aliphatic rings. The highest BCUT2D eigenvalue weighted by Crippen LogP contribution is 2.20. The summed E-state index contributed by atoms with van der Waals surface area (Å²) in [4.78, 5) is 0. The maximum absolute atomic E-state index is 12.1. The monoisotopic (exact) mass is 295 g/mol. The van der Waals surface area contributed by atoms with Crippen molar-refractivity contribution in [1.82, 2.24) is 4.31 Å². The molecule has 0 aromatic carbocycles. The van der Waals surface area contributed by atoms with Crippen LogP contribution in [-0.4, -0.2) is 50.8 Å². The second kappa shape index (κ2) is 4.65. The van der Waals surface area contributed by atoms with Gasteiger partial charge in [0.15, 0.2) is 9.84 Å². The molecule has 1 aliphatic heterocycles. The van der Waals surface area contributed by atoms with E-state index in [9.17, 15) is 16.8 Å². The molecule has 1 fully saturated rings. The molecule has 0 saturated carbocycles. The first-order valence-corrected chi connectivity index (χ1v) is 8.51. The second-order valence-electron chi connectivity index (χ2n) is 3.93. The molecule has 0 spiro atoms. The molecule has 2 heterocycles. The Labute approximate surface area is 105 Å². The minimum Gasteiger partial charge on any atom is -0.446 e. The molecule has 0 bridgehead atoms. The van der Waals surface area contributed by atoms with Gasteiger partial charge in [-0.15, -0.1) is 0 Å². The highest BCUT2D eigenvalue weighted by molar-refractivity contribution is 7.92. The summed E-state index contributed by atoms with van der Waals surface area (Å²) < 4.78 is 52.7. The lowest BCUT2D eigenvalue weighted by molar-refractivity contribution is 0.235. The Kier molecular flexibility index (Phi) is 3.49. The summed E-state index contributed by atoms with van der Waals surface area (Å²) in [6, 6.07) is 2.62. The Bertz CT molecular complexity index is 616. The first-order valence-electron chi connectivity index (χ1n) is 5.25. The maximum atomic E-state index is 12.1. The number of rotatable bonds is 3. The van der Waals surface area contributed by atoms with Gasteiger partial charge in [-0.05, 0) is 12.1 Å². The molecule has 18 heavy (non-hydrogen) atoms. The third-order valence-electron chi connectivity index (χ3n) is 2.69. The van der Waals surface area contributed by atoms with E-state index in [2.05, 4.69) is 0 Å².